The second kappa shape index (κ2) is 3.26. The van der Waals surface area contributed by atoms with Crippen molar-refractivity contribution in [2.75, 3.05) is 40.8 Å². The smallest absolute Gasteiger partial charge is 0.144 e. The Morgan fingerprint density at radius 2 is 1.43 bits per heavy atom. The van der Waals surface area contributed by atoms with Gasteiger partial charge in [-0.3, -0.25) is 14.0 Å². The molecule has 3 aliphatic heterocycles. The molecule has 82 valence electrons. The van der Waals surface area contributed by atoms with E-state index in [1.165, 1.54) is 26.1 Å². The molecule has 3 heterocycles. The molecule has 3 aliphatic rings. The Labute approximate surface area is 92.2 Å². The summed E-state index contributed by atoms with van der Waals surface area (Å²) in [7, 11) is 6.57. The molecular formula is C9H20N3PS. The predicted octanol–water partition coefficient (Wildman–Crippen LogP) is 1.43. The van der Waals surface area contributed by atoms with Gasteiger partial charge in [0.15, 0.2) is 0 Å². The van der Waals surface area contributed by atoms with E-state index in [-0.39, 0.29) is 0 Å². The van der Waals surface area contributed by atoms with Crippen LogP contribution < -0.4 is 0 Å². The van der Waals surface area contributed by atoms with Gasteiger partial charge in [-0.05, 0) is 39.4 Å². The second-order valence-corrected chi connectivity index (χ2v) is 9.36. The van der Waals surface area contributed by atoms with Crippen LogP contribution in [0.1, 0.15) is 13.3 Å². The Hall–Kier alpha value is 0.530. The largest absolute Gasteiger partial charge is 0.254 e. The summed E-state index contributed by atoms with van der Waals surface area (Å²) in [6.45, 7) is 4.35. The summed E-state index contributed by atoms with van der Waals surface area (Å²) in [5, 5.41) is 0. The first-order valence-electron chi connectivity index (χ1n) is 5.19. The van der Waals surface area contributed by atoms with Crippen LogP contribution >= 0.6 is 6.49 Å². The molecule has 0 atom stereocenters. The summed E-state index contributed by atoms with van der Waals surface area (Å²) in [6, 6.07) is 0. The molecule has 0 saturated carbocycles. The fourth-order valence-electron chi connectivity index (χ4n) is 3.00. The Morgan fingerprint density at radius 3 is 1.71 bits per heavy atom. The zero-order chi connectivity index (χ0) is 10.6. The third-order valence-electron chi connectivity index (χ3n) is 3.78. The van der Waals surface area contributed by atoms with Crippen LogP contribution in [-0.4, -0.2) is 54.8 Å². The molecule has 0 spiro atoms. The maximum absolute atomic E-state index is 5.85. The third-order valence-corrected chi connectivity index (χ3v) is 9.38. The van der Waals surface area contributed by atoms with Crippen LogP contribution in [0.5, 0.6) is 0 Å². The van der Waals surface area contributed by atoms with Crippen molar-refractivity contribution >= 4 is 18.3 Å². The van der Waals surface area contributed by atoms with Crippen LogP contribution in [0.4, 0.5) is 0 Å². The molecule has 0 aromatic rings. The number of hydrogen-bond acceptors (Lipinski definition) is 1. The highest BCUT2D eigenvalue weighted by Crippen LogP contribution is 2.64. The maximum atomic E-state index is 5.85. The van der Waals surface area contributed by atoms with Gasteiger partial charge in [-0.25, -0.2) is 0 Å². The molecule has 2 bridgehead atoms. The Bertz CT molecular complexity index is 253. The van der Waals surface area contributed by atoms with Crippen LogP contribution in [0.25, 0.3) is 0 Å². The van der Waals surface area contributed by atoms with E-state index in [1.54, 1.807) is 0 Å². The average molecular weight is 233 g/mol. The highest BCUT2D eigenvalue weighted by Gasteiger charge is 2.52. The first-order chi connectivity index (χ1) is 6.44. The Kier molecular flexibility index (Phi) is 2.57. The van der Waals surface area contributed by atoms with Crippen LogP contribution in [0, 0.1) is 5.41 Å². The number of rotatable bonds is 1. The minimum Gasteiger partial charge on any atom is -0.254 e. The van der Waals surface area contributed by atoms with Crippen molar-refractivity contribution in [3.8, 4) is 0 Å². The van der Waals surface area contributed by atoms with Crippen molar-refractivity contribution in [1.29, 1.82) is 0 Å². The molecular weight excluding hydrogens is 213 g/mol. The highest BCUT2D eigenvalue weighted by atomic mass is 32.4. The lowest BCUT2D eigenvalue weighted by molar-refractivity contribution is 0.0798. The summed E-state index contributed by atoms with van der Waals surface area (Å²) in [5.41, 5.74) is 0.457. The standard InChI is InChI=1S/C9H20N3PS/c1-5-9-6-10(2)13(14,11(3)7-9)12(4)8-9/h5-8H2,1-4H3. The van der Waals surface area contributed by atoms with Crippen molar-refractivity contribution in [3.05, 3.63) is 0 Å². The van der Waals surface area contributed by atoms with Crippen molar-refractivity contribution < 1.29 is 0 Å². The summed E-state index contributed by atoms with van der Waals surface area (Å²) >= 11 is 5.85. The first-order valence-corrected chi connectivity index (χ1v) is 7.85. The summed E-state index contributed by atoms with van der Waals surface area (Å²) in [4.78, 5) is 0. The molecule has 0 aliphatic carbocycles. The van der Waals surface area contributed by atoms with Gasteiger partial charge in [0.1, 0.15) is 6.49 Å². The van der Waals surface area contributed by atoms with Gasteiger partial charge < -0.3 is 0 Å². The Balaban J connectivity index is 2.39. The summed E-state index contributed by atoms with van der Waals surface area (Å²) in [5.74, 6) is 0. The average Bonchev–Trinajstić information content (AvgIpc) is 2.11. The number of hydrogen-bond donors (Lipinski definition) is 0. The molecule has 0 radical (unpaired) electrons. The van der Waals surface area contributed by atoms with Gasteiger partial charge in [0.2, 0.25) is 0 Å². The molecule has 14 heavy (non-hydrogen) atoms. The van der Waals surface area contributed by atoms with Crippen molar-refractivity contribution in [2.24, 2.45) is 5.41 Å². The number of fused-ring (bicyclic) bond motifs is 3. The van der Waals surface area contributed by atoms with Gasteiger partial charge >= 0.3 is 0 Å². The molecule has 5 heteroatoms. The molecule has 0 N–H and O–H groups in total. The van der Waals surface area contributed by atoms with E-state index in [2.05, 4.69) is 42.1 Å². The quantitative estimate of drug-likeness (QED) is 0.634. The van der Waals surface area contributed by atoms with Gasteiger partial charge in [0.25, 0.3) is 0 Å². The van der Waals surface area contributed by atoms with E-state index >= 15 is 0 Å². The van der Waals surface area contributed by atoms with Crippen LogP contribution in [0.3, 0.4) is 0 Å². The minimum absolute atomic E-state index is 0.457. The topological polar surface area (TPSA) is 9.72 Å². The molecule has 0 amide bonds. The second-order valence-electron chi connectivity index (χ2n) is 4.81. The number of nitrogens with zero attached hydrogens (tertiary/aromatic N) is 3. The summed E-state index contributed by atoms with van der Waals surface area (Å²) in [6.07, 6.45) is 1.25. The summed E-state index contributed by atoms with van der Waals surface area (Å²) < 4.78 is 7.25. The predicted molar refractivity (Wildman–Crippen MR) is 64.9 cm³/mol. The van der Waals surface area contributed by atoms with Crippen molar-refractivity contribution in [1.82, 2.24) is 14.0 Å². The van der Waals surface area contributed by atoms with Crippen molar-refractivity contribution in [3.63, 3.8) is 0 Å². The first kappa shape index (κ1) is 11.0. The van der Waals surface area contributed by atoms with Gasteiger partial charge in [-0.15, -0.1) is 0 Å². The lowest BCUT2D eigenvalue weighted by Gasteiger charge is -2.61. The van der Waals surface area contributed by atoms with Crippen LogP contribution in [-0.2, 0) is 11.8 Å². The fourth-order valence-corrected chi connectivity index (χ4v) is 6.54. The van der Waals surface area contributed by atoms with E-state index in [9.17, 15) is 0 Å². The molecule has 3 nitrogen and oxygen atoms in total. The Morgan fingerprint density at radius 1 is 1.07 bits per heavy atom. The molecule has 0 aromatic heterocycles. The van der Waals surface area contributed by atoms with Crippen LogP contribution in [0.2, 0.25) is 0 Å². The fraction of sp³-hybridized carbons (Fsp3) is 1.00. The molecule has 0 unspecified atom stereocenters. The van der Waals surface area contributed by atoms with Crippen LogP contribution in [0.15, 0.2) is 0 Å². The third kappa shape index (κ3) is 1.25. The van der Waals surface area contributed by atoms with Crippen molar-refractivity contribution in [2.45, 2.75) is 13.3 Å². The van der Waals surface area contributed by atoms with Gasteiger partial charge in [-0.2, -0.15) is 0 Å². The normalized spacial score (nSPS) is 46.0. The van der Waals surface area contributed by atoms with E-state index in [4.69, 9.17) is 11.8 Å². The lowest BCUT2D eigenvalue weighted by Crippen LogP contribution is -2.61. The van der Waals surface area contributed by atoms with E-state index in [0.717, 1.165) is 0 Å². The zero-order valence-corrected chi connectivity index (χ0v) is 11.2. The maximum Gasteiger partial charge on any atom is 0.144 e. The minimum atomic E-state index is -1.52. The lowest BCUT2D eigenvalue weighted by atomic mass is 9.84. The van der Waals surface area contributed by atoms with Gasteiger partial charge in [-0.1, -0.05) is 6.92 Å². The molecule has 3 saturated heterocycles. The molecule has 3 rings (SSSR count). The van der Waals surface area contributed by atoms with Gasteiger partial charge in [0.05, 0.1) is 0 Å². The molecule has 3 fully saturated rings. The van der Waals surface area contributed by atoms with Gasteiger partial charge in [0, 0.05) is 25.0 Å². The highest BCUT2D eigenvalue weighted by molar-refractivity contribution is 8.11. The SMILES string of the molecule is CCC12CN(C)P(=S)(N(C)C1)N(C)C2. The zero-order valence-electron chi connectivity index (χ0n) is 9.53. The van der Waals surface area contributed by atoms with E-state index < -0.39 is 6.49 Å². The molecule has 0 aromatic carbocycles. The van der Waals surface area contributed by atoms with E-state index in [1.807, 2.05) is 0 Å². The monoisotopic (exact) mass is 233 g/mol. The van der Waals surface area contributed by atoms with E-state index in [0.29, 0.717) is 5.41 Å².